The van der Waals surface area contributed by atoms with Crippen LogP contribution in [0.25, 0.3) is 11.3 Å². The van der Waals surface area contributed by atoms with Crippen LogP contribution < -0.4 is 5.32 Å². The summed E-state index contributed by atoms with van der Waals surface area (Å²) >= 11 is 0. The molecule has 5 nitrogen and oxygen atoms in total. The van der Waals surface area contributed by atoms with Gasteiger partial charge in [-0.15, -0.1) is 0 Å². The summed E-state index contributed by atoms with van der Waals surface area (Å²) in [6.45, 7) is 0. The minimum Gasteiger partial charge on any atom is -0.350 e. The Hall–Kier alpha value is -3.02. The Bertz CT molecular complexity index is 771. The molecule has 0 saturated carbocycles. The Morgan fingerprint density at radius 2 is 1.95 bits per heavy atom. The van der Waals surface area contributed by atoms with Crippen molar-refractivity contribution in [3.8, 4) is 11.3 Å². The Morgan fingerprint density at radius 1 is 1.14 bits per heavy atom. The van der Waals surface area contributed by atoms with Gasteiger partial charge in [-0.2, -0.15) is 0 Å². The first kappa shape index (κ1) is 13.0. The number of hydrogen-bond donors (Lipinski definition) is 1. The van der Waals surface area contributed by atoms with Gasteiger partial charge in [0.1, 0.15) is 11.5 Å². The Labute approximate surface area is 119 Å². The second kappa shape index (κ2) is 5.54. The van der Waals surface area contributed by atoms with Crippen molar-refractivity contribution >= 4 is 11.6 Å². The summed E-state index contributed by atoms with van der Waals surface area (Å²) in [4.78, 5) is 15.8. The lowest BCUT2D eigenvalue weighted by atomic mass is 10.1. The van der Waals surface area contributed by atoms with Gasteiger partial charge >= 0.3 is 0 Å². The molecule has 0 bridgehead atoms. The molecule has 0 spiro atoms. The second-order valence-corrected chi connectivity index (χ2v) is 4.28. The molecule has 0 fully saturated rings. The lowest BCUT2D eigenvalue weighted by Crippen LogP contribution is -2.10. The van der Waals surface area contributed by atoms with E-state index in [4.69, 9.17) is 4.52 Å². The molecule has 0 atom stereocenters. The highest BCUT2D eigenvalue weighted by molar-refractivity contribution is 6.02. The average Bonchev–Trinajstić information content (AvgIpc) is 2.98. The number of hydrogen-bond acceptors (Lipinski definition) is 4. The van der Waals surface area contributed by atoms with E-state index in [2.05, 4.69) is 15.5 Å². The Morgan fingerprint density at radius 3 is 2.71 bits per heavy atom. The fraction of sp³-hybridized carbons (Fsp3) is 0. The van der Waals surface area contributed by atoms with Gasteiger partial charge < -0.3 is 9.84 Å². The number of nitrogens with one attached hydrogen (secondary N) is 1. The minimum atomic E-state index is -0.434. The molecule has 104 valence electrons. The van der Waals surface area contributed by atoms with Crippen LogP contribution in [0.4, 0.5) is 10.1 Å². The lowest BCUT2D eigenvalue weighted by molar-refractivity contribution is 0.0988. The Balaban J connectivity index is 1.80. The number of nitrogens with zero attached hydrogens (tertiary/aromatic N) is 2. The standard InChI is InChI=1S/C15H10FN3O2/c16-11-3-1-2-10(8-11)13-9-14(21-19-13)15(20)18-12-4-6-17-7-5-12/h1-9H,(H,17,18,20). The van der Waals surface area contributed by atoms with E-state index in [1.165, 1.54) is 18.2 Å². The lowest BCUT2D eigenvalue weighted by Gasteiger charge is -2.00. The highest BCUT2D eigenvalue weighted by Crippen LogP contribution is 2.20. The second-order valence-electron chi connectivity index (χ2n) is 4.28. The van der Waals surface area contributed by atoms with Gasteiger partial charge in [-0.25, -0.2) is 4.39 Å². The first-order chi connectivity index (χ1) is 10.2. The maximum atomic E-state index is 13.2. The van der Waals surface area contributed by atoms with Gasteiger partial charge in [-0.05, 0) is 24.3 Å². The van der Waals surface area contributed by atoms with Crippen LogP contribution in [-0.4, -0.2) is 16.0 Å². The third-order valence-electron chi connectivity index (χ3n) is 2.79. The molecular formula is C15H10FN3O2. The number of carbonyl (C=O) groups is 1. The molecule has 0 aliphatic carbocycles. The molecule has 0 aliphatic rings. The van der Waals surface area contributed by atoms with Crippen LogP contribution in [-0.2, 0) is 0 Å². The van der Waals surface area contributed by atoms with Crippen LogP contribution in [0.2, 0.25) is 0 Å². The molecule has 0 saturated heterocycles. The average molecular weight is 283 g/mol. The highest BCUT2D eigenvalue weighted by atomic mass is 19.1. The zero-order chi connectivity index (χ0) is 14.7. The van der Waals surface area contributed by atoms with Crippen molar-refractivity contribution in [3.63, 3.8) is 0 Å². The predicted octanol–water partition coefficient (Wildman–Crippen LogP) is 3.13. The summed E-state index contributed by atoms with van der Waals surface area (Å²) in [5, 5.41) is 6.42. The number of pyridine rings is 1. The van der Waals surface area contributed by atoms with Crippen LogP contribution >= 0.6 is 0 Å². The summed E-state index contributed by atoms with van der Waals surface area (Å²) in [6.07, 6.45) is 3.13. The molecule has 1 aromatic carbocycles. The van der Waals surface area contributed by atoms with Gasteiger partial charge in [0.15, 0.2) is 0 Å². The number of anilines is 1. The number of halogens is 1. The maximum absolute atomic E-state index is 13.2. The van der Waals surface area contributed by atoms with Crippen molar-refractivity contribution in [2.45, 2.75) is 0 Å². The van der Waals surface area contributed by atoms with E-state index in [0.29, 0.717) is 16.9 Å². The van der Waals surface area contributed by atoms with E-state index < -0.39 is 5.91 Å². The summed E-state index contributed by atoms with van der Waals surface area (Å²) in [7, 11) is 0. The van der Waals surface area contributed by atoms with E-state index in [9.17, 15) is 9.18 Å². The normalized spacial score (nSPS) is 10.3. The molecule has 0 radical (unpaired) electrons. The van der Waals surface area contributed by atoms with Crippen LogP contribution in [0.5, 0.6) is 0 Å². The number of benzene rings is 1. The summed E-state index contributed by atoms with van der Waals surface area (Å²) in [6, 6.07) is 10.7. The molecule has 1 amide bonds. The SMILES string of the molecule is O=C(Nc1ccncc1)c1cc(-c2cccc(F)c2)no1. The van der Waals surface area contributed by atoms with Crippen molar-refractivity contribution in [1.82, 2.24) is 10.1 Å². The van der Waals surface area contributed by atoms with Crippen LogP contribution in [0.3, 0.4) is 0 Å². The number of amides is 1. The molecule has 2 heterocycles. The third kappa shape index (κ3) is 2.94. The Kier molecular flexibility index (Phi) is 3.42. The van der Waals surface area contributed by atoms with Gasteiger partial charge in [0, 0.05) is 29.7 Å². The van der Waals surface area contributed by atoms with Gasteiger partial charge in [-0.3, -0.25) is 9.78 Å². The fourth-order valence-electron chi connectivity index (χ4n) is 1.79. The van der Waals surface area contributed by atoms with E-state index >= 15 is 0 Å². The predicted molar refractivity (Wildman–Crippen MR) is 74.1 cm³/mol. The monoisotopic (exact) mass is 283 g/mol. The molecule has 3 rings (SSSR count). The zero-order valence-electron chi connectivity index (χ0n) is 10.8. The number of rotatable bonds is 3. The van der Waals surface area contributed by atoms with Crippen molar-refractivity contribution in [2.24, 2.45) is 0 Å². The molecule has 2 aromatic heterocycles. The van der Waals surface area contributed by atoms with Crippen molar-refractivity contribution in [3.05, 3.63) is 66.4 Å². The summed E-state index contributed by atoms with van der Waals surface area (Å²) in [5.41, 5.74) is 1.54. The quantitative estimate of drug-likeness (QED) is 0.801. The first-order valence-electron chi connectivity index (χ1n) is 6.16. The first-order valence-corrected chi connectivity index (χ1v) is 6.16. The van der Waals surface area contributed by atoms with Crippen molar-refractivity contribution in [2.75, 3.05) is 5.32 Å². The molecule has 0 aliphatic heterocycles. The topological polar surface area (TPSA) is 68.0 Å². The van der Waals surface area contributed by atoms with Gasteiger partial charge in [0.05, 0.1) is 0 Å². The number of aromatic nitrogens is 2. The molecule has 3 aromatic rings. The molecule has 0 unspecified atom stereocenters. The van der Waals surface area contributed by atoms with E-state index in [-0.39, 0.29) is 11.6 Å². The van der Waals surface area contributed by atoms with E-state index in [0.717, 1.165) is 0 Å². The van der Waals surface area contributed by atoms with Gasteiger partial charge in [0.25, 0.3) is 5.91 Å². The molecule has 21 heavy (non-hydrogen) atoms. The molecule has 1 N–H and O–H groups in total. The van der Waals surface area contributed by atoms with E-state index in [1.54, 1.807) is 36.7 Å². The fourth-order valence-corrected chi connectivity index (χ4v) is 1.79. The minimum absolute atomic E-state index is 0.0473. The van der Waals surface area contributed by atoms with Crippen LogP contribution in [0, 0.1) is 5.82 Å². The zero-order valence-corrected chi connectivity index (χ0v) is 10.8. The third-order valence-corrected chi connectivity index (χ3v) is 2.79. The number of carbonyl (C=O) groups excluding carboxylic acids is 1. The largest absolute Gasteiger partial charge is 0.350 e. The highest BCUT2D eigenvalue weighted by Gasteiger charge is 2.14. The molecular weight excluding hydrogens is 273 g/mol. The van der Waals surface area contributed by atoms with Crippen LogP contribution in [0.15, 0.2) is 59.4 Å². The van der Waals surface area contributed by atoms with Crippen LogP contribution in [0.1, 0.15) is 10.6 Å². The summed E-state index contributed by atoms with van der Waals surface area (Å²) < 4.78 is 18.2. The smallest absolute Gasteiger partial charge is 0.294 e. The van der Waals surface area contributed by atoms with Crippen molar-refractivity contribution in [1.29, 1.82) is 0 Å². The van der Waals surface area contributed by atoms with Gasteiger partial charge in [-0.1, -0.05) is 17.3 Å². The van der Waals surface area contributed by atoms with E-state index in [1.807, 2.05) is 0 Å². The maximum Gasteiger partial charge on any atom is 0.294 e. The molecule has 6 heteroatoms. The summed E-state index contributed by atoms with van der Waals surface area (Å²) in [5.74, 6) is -0.763. The van der Waals surface area contributed by atoms with Gasteiger partial charge in [0.2, 0.25) is 5.76 Å². The van der Waals surface area contributed by atoms with Crippen molar-refractivity contribution < 1.29 is 13.7 Å².